The Balaban J connectivity index is 2.10. The number of fused-ring (bicyclic) bond motifs is 3. The molecule has 3 atom stereocenters. The summed E-state index contributed by atoms with van der Waals surface area (Å²) in [7, 11) is 4.58. The van der Waals surface area contributed by atoms with Gasteiger partial charge in [-0.15, -0.1) is 0 Å². The number of aryl methyl sites for hydroxylation is 1. The first-order chi connectivity index (χ1) is 10.6. The number of hydrogen-bond donors (Lipinski definition) is 0. The van der Waals surface area contributed by atoms with Crippen molar-refractivity contribution in [2.24, 2.45) is 5.92 Å². The van der Waals surface area contributed by atoms with Crippen molar-refractivity contribution < 1.29 is 0 Å². The maximum atomic E-state index is 2.59. The van der Waals surface area contributed by atoms with Gasteiger partial charge in [0.2, 0.25) is 0 Å². The molecule has 0 radical (unpaired) electrons. The number of rotatable bonds is 4. The van der Waals surface area contributed by atoms with E-state index in [0.717, 1.165) is 12.0 Å². The molecule has 0 unspecified atom stereocenters. The monoisotopic (exact) mass is 299 g/mol. The highest BCUT2D eigenvalue weighted by Crippen LogP contribution is 2.53. The van der Waals surface area contributed by atoms with Gasteiger partial charge < -0.3 is 4.90 Å². The molecule has 22 heavy (non-hydrogen) atoms. The van der Waals surface area contributed by atoms with Crippen molar-refractivity contribution in [1.29, 1.82) is 0 Å². The van der Waals surface area contributed by atoms with E-state index >= 15 is 0 Å². The van der Waals surface area contributed by atoms with Crippen molar-refractivity contribution in [3.8, 4) is 0 Å². The fourth-order valence-corrected chi connectivity index (χ4v) is 5.41. The van der Waals surface area contributed by atoms with E-state index < -0.39 is 0 Å². The summed E-state index contributed by atoms with van der Waals surface area (Å²) in [4.78, 5) is 2.50. The molecule has 1 aromatic carbocycles. The number of nitrogens with zero attached hydrogens (tertiary/aromatic N) is 1. The number of likely N-dealkylation sites (N-methyl/N-ethyl adjacent to an activating group) is 1. The van der Waals surface area contributed by atoms with Crippen LogP contribution in [0.15, 0.2) is 18.2 Å². The second kappa shape index (κ2) is 6.35. The fourth-order valence-electron chi connectivity index (χ4n) is 5.41. The highest BCUT2D eigenvalue weighted by atomic mass is 15.1. The van der Waals surface area contributed by atoms with Crippen LogP contribution in [0, 0.1) is 5.92 Å². The summed E-state index contributed by atoms with van der Waals surface area (Å²) >= 11 is 0. The third-order valence-electron chi connectivity index (χ3n) is 6.53. The highest BCUT2D eigenvalue weighted by Gasteiger charge is 2.48. The summed E-state index contributed by atoms with van der Waals surface area (Å²) in [6, 6.07) is 8.16. The molecule has 2 aliphatic rings. The van der Waals surface area contributed by atoms with Crippen molar-refractivity contribution in [3.63, 3.8) is 0 Å². The molecule has 3 rings (SSSR count). The molecule has 0 aromatic heterocycles. The van der Waals surface area contributed by atoms with Crippen molar-refractivity contribution in [2.45, 2.75) is 76.7 Å². The second-order valence-electron chi connectivity index (χ2n) is 7.84. The Morgan fingerprint density at radius 2 is 2.00 bits per heavy atom. The highest BCUT2D eigenvalue weighted by molar-refractivity contribution is 5.42. The molecule has 0 amide bonds. The minimum Gasteiger partial charge on any atom is -0.306 e. The van der Waals surface area contributed by atoms with Crippen LogP contribution in [-0.2, 0) is 18.3 Å². The van der Waals surface area contributed by atoms with E-state index in [1.165, 1.54) is 51.4 Å². The molecule has 1 nitrogen and oxygen atoms in total. The Kier molecular flexibility index (Phi) is 4.64. The molecule has 0 saturated heterocycles. The Hall–Kier alpha value is -0.820. The minimum atomic E-state index is 0.449. The first-order valence-corrected chi connectivity index (χ1v) is 9.41. The van der Waals surface area contributed by atoms with Crippen molar-refractivity contribution >= 4 is 0 Å². The van der Waals surface area contributed by atoms with Crippen LogP contribution in [0.3, 0.4) is 0 Å². The summed E-state index contributed by atoms with van der Waals surface area (Å²) in [6.07, 6.45) is 10.7. The van der Waals surface area contributed by atoms with E-state index in [1.807, 2.05) is 0 Å². The quantitative estimate of drug-likeness (QED) is 0.759. The summed E-state index contributed by atoms with van der Waals surface area (Å²) in [6.45, 7) is 4.73. The third kappa shape index (κ3) is 2.52. The largest absolute Gasteiger partial charge is 0.306 e. The summed E-state index contributed by atoms with van der Waals surface area (Å²) in [5, 5.41) is 0. The lowest BCUT2D eigenvalue weighted by atomic mass is 9.54. The summed E-state index contributed by atoms with van der Waals surface area (Å²) in [5.74, 6) is 0.852. The molecule has 0 bridgehead atoms. The first-order valence-electron chi connectivity index (χ1n) is 9.41. The van der Waals surface area contributed by atoms with Crippen molar-refractivity contribution in [1.82, 2.24) is 4.90 Å². The maximum absolute atomic E-state index is 2.59. The molecule has 0 heterocycles. The molecule has 0 N–H and O–H groups in total. The smallest absolute Gasteiger partial charge is 0.0166 e. The van der Waals surface area contributed by atoms with E-state index in [0.29, 0.717) is 5.41 Å². The molecule has 0 spiro atoms. The van der Waals surface area contributed by atoms with E-state index in [2.05, 4.69) is 51.0 Å². The minimum absolute atomic E-state index is 0.449. The zero-order chi connectivity index (χ0) is 15.7. The SMILES string of the molecule is CCCc1ccc2c(c1)[C@]1(CC)CCCC[C@@H]1[C@@H](N(C)C)C2. The van der Waals surface area contributed by atoms with Crippen LogP contribution in [0.4, 0.5) is 0 Å². The lowest BCUT2D eigenvalue weighted by Gasteiger charge is -2.53. The molecule has 1 saturated carbocycles. The second-order valence-corrected chi connectivity index (χ2v) is 7.84. The molecule has 2 aliphatic carbocycles. The zero-order valence-electron chi connectivity index (χ0n) is 15.0. The first kappa shape index (κ1) is 16.1. The molecule has 1 aromatic rings. The van der Waals surface area contributed by atoms with Crippen LogP contribution in [0.5, 0.6) is 0 Å². The Bertz CT molecular complexity index is 519. The zero-order valence-corrected chi connectivity index (χ0v) is 15.0. The summed E-state index contributed by atoms with van der Waals surface area (Å²) < 4.78 is 0. The van der Waals surface area contributed by atoms with Crippen LogP contribution >= 0.6 is 0 Å². The third-order valence-corrected chi connectivity index (χ3v) is 6.53. The van der Waals surface area contributed by atoms with Gasteiger partial charge in [0, 0.05) is 6.04 Å². The van der Waals surface area contributed by atoms with Crippen LogP contribution < -0.4 is 0 Å². The lowest BCUT2D eigenvalue weighted by molar-refractivity contribution is 0.0682. The summed E-state index contributed by atoms with van der Waals surface area (Å²) in [5.41, 5.74) is 5.37. The van der Waals surface area contributed by atoms with Gasteiger partial charge in [0.15, 0.2) is 0 Å². The molecule has 122 valence electrons. The van der Waals surface area contributed by atoms with Gasteiger partial charge in [0.25, 0.3) is 0 Å². The molecular weight excluding hydrogens is 266 g/mol. The molecular formula is C21H33N. The predicted octanol–water partition coefficient (Wildman–Crippen LogP) is 4.96. The van der Waals surface area contributed by atoms with E-state index in [-0.39, 0.29) is 0 Å². The van der Waals surface area contributed by atoms with E-state index in [9.17, 15) is 0 Å². The topological polar surface area (TPSA) is 3.24 Å². The van der Waals surface area contributed by atoms with Gasteiger partial charge >= 0.3 is 0 Å². The van der Waals surface area contributed by atoms with Gasteiger partial charge in [0.05, 0.1) is 0 Å². The normalized spacial score (nSPS) is 31.0. The fraction of sp³-hybridized carbons (Fsp3) is 0.714. The average molecular weight is 300 g/mol. The van der Waals surface area contributed by atoms with Crippen LogP contribution in [0.1, 0.15) is 69.1 Å². The van der Waals surface area contributed by atoms with Gasteiger partial charge in [-0.3, -0.25) is 0 Å². The van der Waals surface area contributed by atoms with Crippen LogP contribution in [0.2, 0.25) is 0 Å². The maximum Gasteiger partial charge on any atom is 0.0166 e. The lowest BCUT2D eigenvalue weighted by Crippen LogP contribution is -2.53. The number of benzene rings is 1. The number of hydrogen-bond acceptors (Lipinski definition) is 1. The standard InChI is InChI=1S/C21H33N/c1-5-9-16-11-12-17-15-20(22(3)4)18-10-7-8-13-21(18,6-2)19(17)14-16/h11-12,14,18,20H,5-10,13,15H2,1-4H3/t18-,20+,21-/m1/s1. The van der Waals surface area contributed by atoms with Crippen molar-refractivity contribution in [2.75, 3.05) is 14.1 Å². The molecule has 0 aliphatic heterocycles. The Morgan fingerprint density at radius 1 is 1.18 bits per heavy atom. The van der Waals surface area contributed by atoms with Crippen LogP contribution in [0.25, 0.3) is 0 Å². The Labute approximate surface area is 137 Å². The van der Waals surface area contributed by atoms with Gasteiger partial charge in [-0.2, -0.15) is 0 Å². The van der Waals surface area contributed by atoms with Gasteiger partial charge in [-0.05, 0) is 74.2 Å². The Morgan fingerprint density at radius 3 is 2.68 bits per heavy atom. The molecule has 1 fully saturated rings. The van der Waals surface area contributed by atoms with Crippen LogP contribution in [-0.4, -0.2) is 25.0 Å². The van der Waals surface area contributed by atoms with Gasteiger partial charge in [-0.25, -0.2) is 0 Å². The van der Waals surface area contributed by atoms with Crippen molar-refractivity contribution in [3.05, 3.63) is 34.9 Å². The van der Waals surface area contributed by atoms with Gasteiger partial charge in [-0.1, -0.05) is 51.3 Å². The van der Waals surface area contributed by atoms with Gasteiger partial charge in [0.1, 0.15) is 0 Å². The predicted molar refractivity (Wildman–Crippen MR) is 95.5 cm³/mol. The molecule has 1 heteroatoms. The van der Waals surface area contributed by atoms with E-state index in [4.69, 9.17) is 0 Å². The van der Waals surface area contributed by atoms with E-state index in [1.54, 1.807) is 16.7 Å². The average Bonchev–Trinajstić information content (AvgIpc) is 2.54.